The van der Waals surface area contributed by atoms with Gasteiger partial charge in [0, 0.05) is 54.2 Å². The number of rotatable bonds is 6. The van der Waals surface area contributed by atoms with E-state index in [1.807, 2.05) is 29.2 Å². The molecule has 1 aliphatic rings. The summed E-state index contributed by atoms with van der Waals surface area (Å²) in [6.07, 6.45) is 0.675. The Morgan fingerprint density at radius 3 is 2.27 bits per heavy atom. The lowest BCUT2D eigenvalue weighted by Crippen LogP contribution is -2.50. The van der Waals surface area contributed by atoms with Crippen LogP contribution in [0.15, 0.2) is 48.5 Å². The highest BCUT2D eigenvalue weighted by atomic mass is 35.5. The van der Waals surface area contributed by atoms with Gasteiger partial charge in [-0.05, 0) is 42.0 Å². The Morgan fingerprint density at radius 1 is 0.967 bits per heavy atom. The van der Waals surface area contributed by atoms with E-state index in [4.69, 9.17) is 27.9 Å². The summed E-state index contributed by atoms with van der Waals surface area (Å²) >= 11 is 13.2. The lowest BCUT2D eigenvalue weighted by Gasteiger charge is -2.34. The molecule has 0 aliphatic carbocycles. The van der Waals surface area contributed by atoms with Gasteiger partial charge in [0.05, 0.1) is 0 Å². The van der Waals surface area contributed by atoms with E-state index in [9.17, 15) is 4.79 Å². The maximum atomic E-state index is 12.4. The fraction of sp³-hybridized carbons (Fsp3) is 0.286. The fourth-order valence-electron chi connectivity index (χ4n) is 3.14. The monoisotopic (exact) mass is 462 g/mol. The van der Waals surface area contributed by atoms with E-state index < -0.39 is 0 Å². The lowest BCUT2D eigenvalue weighted by molar-refractivity contribution is -0.133. The first kappa shape index (κ1) is 20.9. The molecule has 2 aromatic carbocycles. The normalized spacial score (nSPS) is 14.1. The van der Waals surface area contributed by atoms with Gasteiger partial charge in [-0.1, -0.05) is 35.3 Å². The fourth-order valence-corrected chi connectivity index (χ4v) is 4.13. The minimum atomic E-state index is -0.0229. The zero-order valence-corrected chi connectivity index (χ0v) is 18.5. The van der Waals surface area contributed by atoms with E-state index in [0.29, 0.717) is 30.3 Å². The van der Waals surface area contributed by atoms with Crippen LogP contribution < -0.4 is 9.64 Å². The van der Waals surface area contributed by atoms with Crippen molar-refractivity contribution in [3.63, 3.8) is 0 Å². The number of halogens is 2. The topological polar surface area (TPSA) is 58.6 Å². The minimum Gasteiger partial charge on any atom is -0.484 e. The lowest BCUT2D eigenvalue weighted by atomic mass is 10.1. The quantitative estimate of drug-likeness (QED) is 0.550. The molecule has 0 N–H and O–H groups in total. The van der Waals surface area contributed by atoms with Crippen LogP contribution in [-0.2, 0) is 11.2 Å². The SMILES string of the molecule is O=C(COc1ccc(Cl)cc1)N1CCN(c2nc(Cc3ccc(Cl)cc3)ns2)CC1. The molecule has 156 valence electrons. The summed E-state index contributed by atoms with van der Waals surface area (Å²) in [5.74, 6) is 1.41. The van der Waals surface area contributed by atoms with Crippen LogP contribution in [0.3, 0.4) is 0 Å². The van der Waals surface area contributed by atoms with Crippen LogP contribution in [0.1, 0.15) is 11.4 Å². The van der Waals surface area contributed by atoms with Gasteiger partial charge in [0.15, 0.2) is 6.61 Å². The van der Waals surface area contributed by atoms with Gasteiger partial charge in [0.25, 0.3) is 5.91 Å². The summed E-state index contributed by atoms with van der Waals surface area (Å²) in [6, 6.07) is 14.7. The van der Waals surface area contributed by atoms with Crippen molar-refractivity contribution >= 4 is 45.8 Å². The first-order valence-electron chi connectivity index (χ1n) is 9.55. The summed E-state index contributed by atoms with van der Waals surface area (Å²) in [6.45, 7) is 2.74. The highest BCUT2D eigenvalue weighted by molar-refractivity contribution is 7.09. The summed E-state index contributed by atoms with van der Waals surface area (Å²) in [7, 11) is 0. The number of hydrogen-bond donors (Lipinski definition) is 0. The Bertz CT molecular complexity index is 987. The van der Waals surface area contributed by atoms with Gasteiger partial charge in [0.1, 0.15) is 11.6 Å². The molecule has 1 amide bonds. The molecule has 6 nitrogen and oxygen atoms in total. The first-order valence-corrected chi connectivity index (χ1v) is 11.1. The maximum absolute atomic E-state index is 12.4. The molecule has 9 heteroatoms. The van der Waals surface area contributed by atoms with E-state index in [-0.39, 0.29) is 12.5 Å². The maximum Gasteiger partial charge on any atom is 0.260 e. The molecule has 1 saturated heterocycles. The molecule has 0 unspecified atom stereocenters. The van der Waals surface area contributed by atoms with Gasteiger partial charge in [-0.3, -0.25) is 4.79 Å². The number of nitrogens with zero attached hydrogens (tertiary/aromatic N) is 4. The average molecular weight is 463 g/mol. The van der Waals surface area contributed by atoms with Crippen molar-refractivity contribution in [2.24, 2.45) is 0 Å². The number of anilines is 1. The van der Waals surface area contributed by atoms with Crippen LogP contribution in [0.4, 0.5) is 5.13 Å². The van der Waals surface area contributed by atoms with E-state index in [1.165, 1.54) is 11.5 Å². The summed E-state index contributed by atoms with van der Waals surface area (Å²) in [4.78, 5) is 21.1. The third-order valence-electron chi connectivity index (χ3n) is 4.81. The summed E-state index contributed by atoms with van der Waals surface area (Å²) in [5, 5.41) is 2.25. The second-order valence-corrected chi connectivity index (χ2v) is 8.51. The number of benzene rings is 2. The standard InChI is InChI=1S/C21H20Cl2N4O2S/c22-16-3-1-15(2-4-16)13-19-24-21(30-25-19)27-11-9-26(10-12-27)20(28)14-29-18-7-5-17(23)6-8-18/h1-8H,9-14H2. The molecule has 1 aromatic heterocycles. The van der Waals surface area contributed by atoms with Crippen molar-refractivity contribution in [1.82, 2.24) is 14.3 Å². The Morgan fingerprint density at radius 2 is 1.60 bits per heavy atom. The highest BCUT2D eigenvalue weighted by Crippen LogP contribution is 2.21. The summed E-state index contributed by atoms with van der Waals surface area (Å²) in [5.41, 5.74) is 1.12. The Balaban J connectivity index is 1.26. The number of carbonyl (C=O) groups excluding carboxylic acids is 1. The zero-order chi connectivity index (χ0) is 20.9. The van der Waals surface area contributed by atoms with Gasteiger partial charge in [-0.15, -0.1) is 0 Å². The Hall–Kier alpha value is -2.35. The predicted molar refractivity (Wildman–Crippen MR) is 120 cm³/mol. The van der Waals surface area contributed by atoms with E-state index in [0.717, 1.165) is 34.6 Å². The first-order chi connectivity index (χ1) is 14.6. The molecule has 0 spiro atoms. The van der Waals surface area contributed by atoms with Crippen LogP contribution in [0.2, 0.25) is 10.0 Å². The molecule has 1 aliphatic heterocycles. The molecule has 0 saturated carbocycles. The number of ether oxygens (including phenoxy) is 1. The van der Waals surface area contributed by atoms with Gasteiger partial charge in [0.2, 0.25) is 5.13 Å². The van der Waals surface area contributed by atoms with Crippen LogP contribution in [0, 0.1) is 0 Å². The molecular formula is C21H20Cl2N4O2S. The van der Waals surface area contributed by atoms with Crippen molar-refractivity contribution in [3.8, 4) is 5.75 Å². The second kappa shape index (κ2) is 9.64. The smallest absolute Gasteiger partial charge is 0.260 e. The predicted octanol–water partition coefficient (Wildman–Crippen LogP) is 4.16. The number of carbonyl (C=O) groups is 1. The third-order valence-corrected chi connectivity index (χ3v) is 6.13. The molecule has 0 atom stereocenters. The number of hydrogen-bond acceptors (Lipinski definition) is 6. The third kappa shape index (κ3) is 5.41. The van der Waals surface area contributed by atoms with Crippen LogP contribution in [0.5, 0.6) is 5.75 Å². The van der Waals surface area contributed by atoms with Crippen molar-refractivity contribution in [2.75, 3.05) is 37.7 Å². The number of aromatic nitrogens is 2. The van der Waals surface area contributed by atoms with Crippen molar-refractivity contribution in [3.05, 3.63) is 70.0 Å². The van der Waals surface area contributed by atoms with Gasteiger partial charge in [-0.2, -0.15) is 4.37 Å². The Kier molecular flexibility index (Phi) is 6.72. The molecule has 4 rings (SSSR count). The molecule has 1 fully saturated rings. The molecule has 30 heavy (non-hydrogen) atoms. The van der Waals surface area contributed by atoms with Crippen molar-refractivity contribution < 1.29 is 9.53 Å². The second-order valence-electron chi connectivity index (χ2n) is 6.91. The molecule has 2 heterocycles. The van der Waals surface area contributed by atoms with Gasteiger partial charge < -0.3 is 14.5 Å². The van der Waals surface area contributed by atoms with E-state index in [2.05, 4.69) is 14.3 Å². The Labute approximate surface area is 189 Å². The zero-order valence-electron chi connectivity index (χ0n) is 16.1. The van der Waals surface area contributed by atoms with Gasteiger partial charge in [-0.25, -0.2) is 4.98 Å². The summed E-state index contributed by atoms with van der Waals surface area (Å²) < 4.78 is 10.0. The van der Waals surface area contributed by atoms with Crippen LogP contribution >= 0.6 is 34.7 Å². The minimum absolute atomic E-state index is 0.0195. The molecule has 0 bridgehead atoms. The number of piperazine rings is 1. The van der Waals surface area contributed by atoms with Crippen molar-refractivity contribution in [2.45, 2.75) is 6.42 Å². The average Bonchev–Trinajstić information content (AvgIpc) is 3.23. The molecular weight excluding hydrogens is 443 g/mol. The highest BCUT2D eigenvalue weighted by Gasteiger charge is 2.23. The van der Waals surface area contributed by atoms with E-state index >= 15 is 0 Å². The van der Waals surface area contributed by atoms with Crippen molar-refractivity contribution in [1.29, 1.82) is 0 Å². The largest absolute Gasteiger partial charge is 0.484 e. The molecule has 3 aromatic rings. The van der Waals surface area contributed by atoms with Gasteiger partial charge >= 0.3 is 0 Å². The molecule has 0 radical (unpaired) electrons. The number of amides is 1. The van der Waals surface area contributed by atoms with Crippen LogP contribution in [0.25, 0.3) is 0 Å². The van der Waals surface area contributed by atoms with E-state index in [1.54, 1.807) is 24.3 Å². The van der Waals surface area contributed by atoms with Crippen LogP contribution in [-0.4, -0.2) is 53.0 Å².